The largest absolute Gasteiger partial charge is 0.355 e. The highest BCUT2D eigenvalue weighted by Gasteiger charge is 2.16. The van der Waals surface area contributed by atoms with Crippen LogP contribution in [0.2, 0.25) is 5.15 Å². The van der Waals surface area contributed by atoms with Gasteiger partial charge in [0.1, 0.15) is 11.3 Å². The molecule has 3 rings (SSSR count). The van der Waals surface area contributed by atoms with Crippen LogP contribution < -0.4 is 0 Å². The summed E-state index contributed by atoms with van der Waals surface area (Å²) >= 11 is 6.14. The Morgan fingerprint density at radius 2 is 2.06 bits per heavy atom. The number of H-pyrrole nitrogens is 1. The van der Waals surface area contributed by atoms with E-state index in [1.807, 2.05) is 6.92 Å². The summed E-state index contributed by atoms with van der Waals surface area (Å²) in [7, 11) is 0. The predicted molar refractivity (Wildman–Crippen MR) is 73.9 cm³/mol. The van der Waals surface area contributed by atoms with E-state index in [0.29, 0.717) is 5.15 Å². The lowest BCUT2D eigenvalue weighted by molar-refractivity contribution is 0.355. The first-order valence-electron chi connectivity index (χ1n) is 6.74. The van der Waals surface area contributed by atoms with Gasteiger partial charge in [-0.3, -0.25) is 0 Å². The van der Waals surface area contributed by atoms with E-state index in [2.05, 4.69) is 21.0 Å². The van der Waals surface area contributed by atoms with Gasteiger partial charge in [0.15, 0.2) is 5.15 Å². The standard InChI is InChI=1S/C14H18ClN3/c1-9-16-12-8-11(18-13(12)14(15)17-9)7-10-5-3-2-4-6-10/h8,10,18H,2-7H2,1H3. The smallest absolute Gasteiger partial charge is 0.156 e. The minimum absolute atomic E-state index is 0.535. The van der Waals surface area contributed by atoms with Crippen molar-refractivity contribution in [2.24, 2.45) is 5.92 Å². The molecular formula is C14H18ClN3. The minimum Gasteiger partial charge on any atom is -0.355 e. The van der Waals surface area contributed by atoms with Crippen LogP contribution in [0.4, 0.5) is 0 Å². The lowest BCUT2D eigenvalue weighted by Gasteiger charge is -2.20. The Labute approximate surface area is 112 Å². The van der Waals surface area contributed by atoms with E-state index in [1.54, 1.807) is 0 Å². The second-order valence-corrected chi connectivity index (χ2v) is 5.68. The summed E-state index contributed by atoms with van der Waals surface area (Å²) in [6, 6.07) is 2.13. The highest BCUT2D eigenvalue weighted by molar-refractivity contribution is 6.33. The van der Waals surface area contributed by atoms with Crippen molar-refractivity contribution in [1.82, 2.24) is 15.0 Å². The third-order valence-corrected chi connectivity index (χ3v) is 4.11. The van der Waals surface area contributed by atoms with E-state index in [-0.39, 0.29) is 0 Å². The van der Waals surface area contributed by atoms with Gasteiger partial charge in [-0.1, -0.05) is 43.7 Å². The average molecular weight is 264 g/mol. The van der Waals surface area contributed by atoms with Crippen LogP contribution in [-0.4, -0.2) is 15.0 Å². The number of aromatic amines is 1. The van der Waals surface area contributed by atoms with Gasteiger partial charge in [-0.25, -0.2) is 9.97 Å². The minimum atomic E-state index is 0.535. The normalized spacial score (nSPS) is 17.4. The Hall–Kier alpha value is -1.09. The van der Waals surface area contributed by atoms with Crippen LogP contribution in [0.5, 0.6) is 0 Å². The van der Waals surface area contributed by atoms with E-state index < -0.39 is 0 Å². The molecule has 4 heteroatoms. The maximum Gasteiger partial charge on any atom is 0.156 e. The lowest BCUT2D eigenvalue weighted by atomic mass is 9.86. The number of aromatic nitrogens is 3. The molecule has 1 N–H and O–H groups in total. The van der Waals surface area contributed by atoms with Crippen LogP contribution in [0.25, 0.3) is 11.0 Å². The summed E-state index contributed by atoms with van der Waals surface area (Å²) in [6.45, 7) is 1.87. The molecule has 0 aromatic carbocycles. The number of nitrogens with zero attached hydrogens (tertiary/aromatic N) is 2. The highest BCUT2D eigenvalue weighted by atomic mass is 35.5. The molecule has 0 saturated heterocycles. The molecule has 0 amide bonds. The number of halogens is 1. The molecule has 2 aromatic rings. The van der Waals surface area contributed by atoms with Crippen molar-refractivity contribution in [3.63, 3.8) is 0 Å². The van der Waals surface area contributed by atoms with Crippen LogP contribution >= 0.6 is 11.6 Å². The van der Waals surface area contributed by atoms with Gasteiger partial charge in [0.05, 0.1) is 5.52 Å². The second-order valence-electron chi connectivity index (χ2n) is 5.32. The number of fused-ring (bicyclic) bond motifs is 1. The third kappa shape index (κ3) is 2.37. The number of aryl methyl sites for hydroxylation is 1. The predicted octanol–water partition coefficient (Wildman–Crippen LogP) is 4.04. The molecule has 96 valence electrons. The molecule has 0 bridgehead atoms. The van der Waals surface area contributed by atoms with Crippen molar-refractivity contribution < 1.29 is 0 Å². The van der Waals surface area contributed by atoms with E-state index >= 15 is 0 Å². The van der Waals surface area contributed by atoms with Gasteiger partial charge < -0.3 is 4.98 Å². The fraction of sp³-hybridized carbons (Fsp3) is 0.571. The zero-order chi connectivity index (χ0) is 12.5. The highest BCUT2D eigenvalue weighted by Crippen LogP contribution is 2.28. The number of nitrogens with one attached hydrogen (secondary N) is 1. The molecular weight excluding hydrogens is 246 g/mol. The van der Waals surface area contributed by atoms with Gasteiger partial charge in [-0.05, 0) is 25.3 Å². The van der Waals surface area contributed by atoms with Crippen molar-refractivity contribution in [3.8, 4) is 0 Å². The molecule has 18 heavy (non-hydrogen) atoms. The summed E-state index contributed by atoms with van der Waals surface area (Å²) < 4.78 is 0. The summed E-state index contributed by atoms with van der Waals surface area (Å²) in [5, 5.41) is 0.535. The van der Waals surface area contributed by atoms with E-state index in [0.717, 1.165) is 29.2 Å². The number of hydrogen-bond acceptors (Lipinski definition) is 2. The van der Waals surface area contributed by atoms with E-state index in [4.69, 9.17) is 11.6 Å². The molecule has 2 heterocycles. The van der Waals surface area contributed by atoms with Crippen LogP contribution in [0, 0.1) is 12.8 Å². The third-order valence-electron chi connectivity index (χ3n) is 3.83. The van der Waals surface area contributed by atoms with Gasteiger partial charge in [0.25, 0.3) is 0 Å². The molecule has 0 atom stereocenters. The Morgan fingerprint density at radius 1 is 1.28 bits per heavy atom. The molecule has 1 aliphatic rings. The van der Waals surface area contributed by atoms with Crippen LogP contribution in [0.1, 0.15) is 43.6 Å². The fourth-order valence-corrected chi connectivity index (χ4v) is 3.22. The summed E-state index contributed by atoms with van der Waals surface area (Å²) in [5.41, 5.74) is 3.07. The van der Waals surface area contributed by atoms with E-state index in [1.165, 1.54) is 37.8 Å². The average Bonchev–Trinajstić information content (AvgIpc) is 2.73. The second kappa shape index (κ2) is 4.88. The molecule has 0 radical (unpaired) electrons. The Morgan fingerprint density at radius 3 is 2.83 bits per heavy atom. The van der Waals surface area contributed by atoms with Crippen molar-refractivity contribution in [1.29, 1.82) is 0 Å². The molecule has 2 aromatic heterocycles. The summed E-state index contributed by atoms with van der Waals surface area (Å²) in [6.07, 6.45) is 7.99. The van der Waals surface area contributed by atoms with Crippen molar-refractivity contribution in [2.75, 3.05) is 0 Å². The van der Waals surface area contributed by atoms with Crippen molar-refractivity contribution >= 4 is 22.6 Å². The fourth-order valence-electron chi connectivity index (χ4n) is 2.95. The van der Waals surface area contributed by atoms with Gasteiger partial charge in [0, 0.05) is 5.69 Å². The van der Waals surface area contributed by atoms with Crippen molar-refractivity contribution in [3.05, 3.63) is 22.7 Å². The summed E-state index contributed by atoms with van der Waals surface area (Å²) in [5.74, 6) is 1.55. The number of hydrogen-bond donors (Lipinski definition) is 1. The molecule has 0 aliphatic heterocycles. The van der Waals surface area contributed by atoms with Crippen LogP contribution in [-0.2, 0) is 6.42 Å². The summed E-state index contributed by atoms with van der Waals surface area (Å²) in [4.78, 5) is 12.0. The molecule has 0 spiro atoms. The Bertz CT molecular complexity index is 555. The number of rotatable bonds is 2. The maximum atomic E-state index is 6.14. The quantitative estimate of drug-likeness (QED) is 0.831. The van der Waals surface area contributed by atoms with Gasteiger partial charge in [-0.2, -0.15) is 0 Å². The van der Waals surface area contributed by atoms with Gasteiger partial charge >= 0.3 is 0 Å². The molecule has 1 aliphatic carbocycles. The van der Waals surface area contributed by atoms with Gasteiger partial charge in [-0.15, -0.1) is 0 Å². The van der Waals surface area contributed by atoms with Crippen molar-refractivity contribution in [2.45, 2.75) is 45.4 Å². The maximum absolute atomic E-state index is 6.14. The lowest BCUT2D eigenvalue weighted by Crippen LogP contribution is -2.09. The first-order chi connectivity index (χ1) is 8.72. The first-order valence-corrected chi connectivity index (χ1v) is 7.12. The molecule has 1 fully saturated rings. The zero-order valence-electron chi connectivity index (χ0n) is 10.7. The Kier molecular flexibility index (Phi) is 3.25. The van der Waals surface area contributed by atoms with E-state index in [9.17, 15) is 0 Å². The van der Waals surface area contributed by atoms with Gasteiger partial charge in [0.2, 0.25) is 0 Å². The monoisotopic (exact) mass is 263 g/mol. The first kappa shape index (κ1) is 12.0. The Balaban J connectivity index is 1.86. The molecule has 0 unspecified atom stereocenters. The van der Waals surface area contributed by atoms with Crippen LogP contribution in [0.15, 0.2) is 6.07 Å². The van der Waals surface area contributed by atoms with Crippen LogP contribution in [0.3, 0.4) is 0 Å². The topological polar surface area (TPSA) is 41.6 Å². The SMILES string of the molecule is Cc1nc(Cl)c2[nH]c(CC3CCCCC3)cc2n1. The molecule has 3 nitrogen and oxygen atoms in total. The zero-order valence-corrected chi connectivity index (χ0v) is 11.4. The molecule has 1 saturated carbocycles.